The maximum Gasteiger partial charge on any atom is 0.233 e. The Bertz CT molecular complexity index is 866. The highest BCUT2D eigenvalue weighted by Gasteiger charge is 2.22. The van der Waals surface area contributed by atoms with Crippen molar-refractivity contribution in [3.63, 3.8) is 0 Å². The number of thiophene rings is 1. The summed E-state index contributed by atoms with van der Waals surface area (Å²) in [7, 11) is 0. The van der Waals surface area contributed by atoms with E-state index in [1.165, 1.54) is 0 Å². The number of carbonyl (C=O) groups excluding carboxylic acids is 1. The van der Waals surface area contributed by atoms with Crippen molar-refractivity contribution in [2.45, 2.75) is 40.2 Å². The largest absolute Gasteiger partial charge is 0.309 e. The normalized spacial score (nSPS) is 11.1. The molecule has 5 heteroatoms. The molecule has 0 unspecified atom stereocenters. The van der Waals surface area contributed by atoms with Crippen molar-refractivity contribution in [3.05, 3.63) is 57.2 Å². The number of aryl methyl sites for hydroxylation is 2. The van der Waals surface area contributed by atoms with Gasteiger partial charge in [-0.2, -0.15) is 11.3 Å². The standard InChI is InChI=1S/C20H22N2OS2/c1-13(2)22(18-9-14(3)5-6-15(18)4)19(23)10-17-12-25-20(21-17)16-7-8-24-11-16/h5-9,11-13H,10H2,1-4H3. The van der Waals surface area contributed by atoms with Crippen molar-refractivity contribution in [1.82, 2.24) is 4.98 Å². The molecule has 0 bridgehead atoms. The minimum Gasteiger partial charge on any atom is -0.309 e. The van der Waals surface area contributed by atoms with Crippen molar-refractivity contribution in [2.24, 2.45) is 0 Å². The fourth-order valence-electron chi connectivity index (χ4n) is 2.83. The van der Waals surface area contributed by atoms with Gasteiger partial charge in [-0.25, -0.2) is 4.98 Å². The van der Waals surface area contributed by atoms with E-state index in [1.807, 2.05) is 15.7 Å². The molecule has 0 saturated carbocycles. The molecule has 0 saturated heterocycles. The van der Waals surface area contributed by atoms with Crippen molar-refractivity contribution >= 4 is 34.3 Å². The van der Waals surface area contributed by atoms with Crippen LogP contribution in [0.25, 0.3) is 10.6 Å². The van der Waals surface area contributed by atoms with E-state index >= 15 is 0 Å². The van der Waals surface area contributed by atoms with Crippen LogP contribution in [0, 0.1) is 13.8 Å². The predicted molar refractivity (Wildman–Crippen MR) is 108 cm³/mol. The monoisotopic (exact) mass is 370 g/mol. The maximum atomic E-state index is 13.0. The number of thiazole rings is 1. The van der Waals surface area contributed by atoms with Gasteiger partial charge in [0.25, 0.3) is 0 Å². The van der Waals surface area contributed by atoms with Crippen LogP contribution in [-0.2, 0) is 11.2 Å². The number of nitrogens with zero attached hydrogens (tertiary/aromatic N) is 2. The molecule has 3 nitrogen and oxygen atoms in total. The lowest BCUT2D eigenvalue weighted by molar-refractivity contribution is -0.118. The topological polar surface area (TPSA) is 33.2 Å². The molecule has 2 heterocycles. The van der Waals surface area contributed by atoms with Gasteiger partial charge >= 0.3 is 0 Å². The Labute approximate surface area is 157 Å². The van der Waals surface area contributed by atoms with Gasteiger partial charge in [-0.05, 0) is 56.3 Å². The van der Waals surface area contributed by atoms with E-state index in [4.69, 9.17) is 0 Å². The molecule has 1 aromatic carbocycles. The highest BCUT2D eigenvalue weighted by molar-refractivity contribution is 7.14. The molecule has 1 amide bonds. The van der Waals surface area contributed by atoms with Crippen LogP contribution in [-0.4, -0.2) is 16.9 Å². The van der Waals surface area contributed by atoms with E-state index in [0.717, 1.165) is 33.1 Å². The van der Waals surface area contributed by atoms with Crippen molar-refractivity contribution in [3.8, 4) is 10.6 Å². The number of aromatic nitrogens is 1. The van der Waals surface area contributed by atoms with Crippen LogP contribution in [0.5, 0.6) is 0 Å². The van der Waals surface area contributed by atoms with Gasteiger partial charge < -0.3 is 4.90 Å². The molecule has 25 heavy (non-hydrogen) atoms. The van der Waals surface area contributed by atoms with Gasteiger partial charge in [-0.1, -0.05) is 12.1 Å². The number of rotatable bonds is 5. The fourth-order valence-corrected chi connectivity index (χ4v) is 4.36. The van der Waals surface area contributed by atoms with E-state index in [2.05, 4.69) is 62.3 Å². The molecule has 3 aromatic rings. The molecule has 0 aliphatic carbocycles. The molecule has 0 aliphatic rings. The van der Waals surface area contributed by atoms with Crippen molar-refractivity contribution in [1.29, 1.82) is 0 Å². The summed E-state index contributed by atoms with van der Waals surface area (Å²) in [6.07, 6.45) is 0.326. The minimum atomic E-state index is 0.0888. The average Bonchev–Trinajstić information content (AvgIpc) is 3.21. The Morgan fingerprint density at radius 1 is 1.20 bits per heavy atom. The predicted octanol–water partition coefficient (Wildman–Crippen LogP) is 5.47. The first-order chi connectivity index (χ1) is 12.0. The average molecular weight is 371 g/mol. The van der Waals surface area contributed by atoms with Crippen LogP contribution in [0.4, 0.5) is 5.69 Å². The second-order valence-corrected chi connectivity index (χ2v) is 8.12. The highest BCUT2D eigenvalue weighted by Crippen LogP contribution is 2.28. The van der Waals surface area contributed by atoms with E-state index in [1.54, 1.807) is 22.7 Å². The second kappa shape index (κ2) is 7.50. The zero-order valence-corrected chi connectivity index (χ0v) is 16.6. The van der Waals surface area contributed by atoms with Gasteiger partial charge in [-0.15, -0.1) is 11.3 Å². The molecule has 0 N–H and O–H groups in total. The molecule has 0 atom stereocenters. The summed E-state index contributed by atoms with van der Waals surface area (Å²) in [5.41, 5.74) is 5.24. The molecule has 130 valence electrons. The Morgan fingerprint density at radius 2 is 2.00 bits per heavy atom. The van der Waals surface area contributed by atoms with Gasteiger partial charge in [-0.3, -0.25) is 4.79 Å². The van der Waals surface area contributed by atoms with Gasteiger partial charge in [0.15, 0.2) is 0 Å². The summed E-state index contributed by atoms with van der Waals surface area (Å²) in [5, 5.41) is 7.10. The number of anilines is 1. The lowest BCUT2D eigenvalue weighted by Gasteiger charge is -2.28. The third-order valence-corrected chi connectivity index (χ3v) is 5.68. The molecular formula is C20H22N2OS2. The third kappa shape index (κ3) is 3.99. The van der Waals surface area contributed by atoms with Crippen molar-refractivity contribution in [2.75, 3.05) is 4.90 Å². The quantitative estimate of drug-likeness (QED) is 0.596. The Hall–Kier alpha value is -1.98. The first-order valence-corrected chi connectivity index (χ1v) is 10.1. The summed E-state index contributed by atoms with van der Waals surface area (Å²) >= 11 is 3.25. The fraction of sp³-hybridized carbons (Fsp3) is 0.300. The van der Waals surface area contributed by atoms with Gasteiger partial charge in [0.05, 0.1) is 12.1 Å². The van der Waals surface area contributed by atoms with E-state index in [-0.39, 0.29) is 11.9 Å². The smallest absolute Gasteiger partial charge is 0.233 e. The number of hydrogen-bond acceptors (Lipinski definition) is 4. The van der Waals surface area contributed by atoms with Crippen LogP contribution in [0.2, 0.25) is 0 Å². The molecular weight excluding hydrogens is 348 g/mol. The number of carbonyl (C=O) groups is 1. The zero-order valence-electron chi connectivity index (χ0n) is 14.9. The lowest BCUT2D eigenvalue weighted by atomic mass is 10.1. The number of amides is 1. The second-order valence-electron chi connectivity index (χ2n) is 6.48. The SMILES string of the molecule is Cc1ccc(C)c(N(C(=O)Cc2csc(-c3ccsc3)n2)C(C)C)c1. The molecule has 3 rings (SSSR count). The summed E-state index contributed by atoms with van der Waals surface area (Å²) in [6, 6.07) is 8.40. The summed E-state index contributed by atoms with van der Waals surface area (Å²) < 4.78 is 0. The Balaban J connectivity index is 1.83. The van der Waals surface area contributed by atoms with Gasteiger partial charge in [0.2, 0.25) is 5.91 Å². The van der Waals surface area contributed by atoms with Crippen molar-refractivity contribution < 1.29 is 4.79 Å². The van der Waals surface area contributed by atoms with Crippen LogP contribution < -0.4 is 4.90 Å². The first kappa shape index (κ1) is 17.8. The van der Waals surface area contributed by atoms with E-state index < -0.39 is 0 Å². The first-order valence-electron chi connectivity index (χ1n) is 8.32. The Kier molecular flexibility index (Phi) is 5.35. The van der Waals surface area contributed by atoms with Crippen LogP contribution in [0.15, 0.2) is 40.4 Å². The number of hydrogen-bond donors (Lipinski definition) is 0. The lowest BCUT2D eigenvalue weighted by Crippen LogP contribution is -2.38. The maximum absolute atomic E-state index is 13.0. The summed E-state index contributed by atoms with van der Waals surface area (Å²) in [4.78, 5) is 19.5. The highest BCUT2D eigenvalue weighted by atomic mass is 32.1. The molecule has 0 fully saturated rings. The van der Waals surface area contributed by atoms with Crippen LogP contribution in [0.3, 0.4) is 0 Å². The van der Waals surface area contributed by atoms with E-state index in [0.29, 0.717) is 6.42 Å². The summed E-state index contributed by atoms with van der Waals surface area (Å²) in [6.45, 7) is 8.21. The third-order valence-electron chi connectivity index (χ3n) is 4.06. The Morgan fingerprint density at radius 3 is 2.68 bits per heavy atom. The van der Waals surface area contributed by atoms with Gasteiger partial charge in [0.1, 0.15) is 5.01 Å². The van der Waals surface area contributed by atoms with E-state index in [9.17, 15) is 4.79 Å². The van der Waals surface area contributed by atoms with Crippen LogP contribution >= 0.6 is 22.7 Å². The van der Waals surface area contributed by atoms with Gasteiger partial charge in [0, 0.05) is 28.1 Å². The molecule has 0 aliphatic heterocycles. The zero-order chi connectivity index (χ0) is 18.0. The number of benzene rings is 1. The summed E-state index contributed by atoms with van der Waals surface area (Å²) in [5.74, 6) is 0.0888. The molecule has 2 aromatic heterocycles. The van der Waals surface area contributed by atoms with Crippen LogP contribution in [0.1, 0.15) is 30.7 Å². The molecule has 0 spiro atoms. The minimum absolute atomic E-state index is 0.0888. The molecule has 0 radical (unpaired) electrons.